The summed E-state index contributed by atoms with van der Waals surface area (Å²) in [5, 5.41) is 9.16. The molecule has 0 aliphatic carbocycles. The van der Waals surface area contributed by atoms with Crippen LogP contribution in [-0.4, -0.2) is 24.3 Å². The molecular weight excluding hydrogens is 236 g/mol. The first-order chi connectivity index (χ1) is 6.85. The molecule has 1 rings (SSSR count). The molecule has 0 heterocycles. The Morgan fingerprint density at radius 1 is 1.27 bits per heavy atom. The Labute approximate surface area is 94.6 Å². The fourth-order valence-electron chi connectivity index (χ4n) is 1.12. The third-order valence-corrected chi connectivity index (χ3v) is 5.01. The summed E-state index contributed by atoms with van der Waals surface area (Å²) in [5.74, 6) is 0. The van der Waals surface area contributed by atoms with Crippen LogP contribution < -0.4 is 0 Å². The van der Waals surface area contributed by atoms with Crippen molar-refractivity contribution in [2.45, 2.75) is 29.6 Å². The minimum atomic E-state index is -3.64. The van der Waals surface area contributed by atoms with Crippen LogP contribution in [0.5, 0.6) is 0 Å². The minimum absolute atomic E-state index is 0.133. The molecule has 0 aliphatic heterocycles. The van der Waals surface area contributed by atoms with Gasteiger partial charge in [0.05, 0.1) is 11.0 Å². The molecule has 1 N–H and O–H groups in total. The van der Waals surface area contributed by atoms with Crippen molar-refractivity contribution in [2.75, 3.05) is 0 Å². The summed E-state index contributed by atoms with van der Waals surface area (Å²) >= 11 is 5.64. The quantitative estimate of drug-likeness (QED) is 0.829. The van der Waals surface area contributed by atoms with E-state index in [1.54, 1.807) is 12.1 Å². The van der Waals surface area contributed by atoms with E-state index in [0.29, 0.717) is 0 Å². The highest BCUT2D eigenvalue weighted by Gasteiger charge is 2.29. The van der Waals surface area contributed by atoms with Gasteiger partial charge in [-0.05, 0) is 26.0 Å². The number of hydrogen-bond donors (Lipinski definition) is 1. The van der Waals surface area contributed by atoms with Crippen LogP contribution >= 0.6 is 11.6 Å². The summed E-state index contributed by atoms with van der Waals surface area (Å²) in [6.45, 7) is 3.21. The van der Waals surface area contributed by atoms with Crippen molar-refractivity contribution in [3.8, 4) is 0 Å². The third kappa shape index (κ3) is 2.71. The maximum atomic E-state index is 11.8. The highest BCUT2D eigenvalue weighted by Crippen LogP contribution is 2.21. The van der Waals surface area contributed by atoms with E-state index in [0.717, 1.165) is 5.56 Å². The van der Waals surface area contributed by atoms with Crippen LogP contribution in [-0.2, 0) is 9.84 Å². The lowest BCUT2D eigenvalue weighted by Crippen LogP contribution is -2.26. The van der Waals surface area contributed by atoms with E-state index >= 15 is 0 Å². The average molecular weight is 249 g/mol. The lowest BCUT2D eigenvalue weighted by atomic mass is 10.2. The number of alkyl halides is 1. The second kappa shape index (κ2) is 4.51. The van der Waals surface area contributed by atoms with E-state index in [9.17, 15) is 8.42 Å². The van der Waals surface area contributed by atoms with E-state index in [1.165, 1.54) is 19.1 Å². The Bertz CT molecular complexity index is 422. The van der Waals surface area contributed by atoms with Crippen molar-refractivity contribution in [3.05, 3.63) is 29.8 Å². The summed E-state index contributed by atoms with van der Waals surface area (Å²) in [7, 11) is -3.64. The molecule has 3 nitrogen and oxygen atoms in total. The standard InChI is InChI=1S/C10H13ClO3S/c1-7-3-5-9(6-4-7)15(13,14)10(11)8(2)12/h3-6,8,10,12H,1-2H3. The van der Waals surface area contributed by atoms with Gasteiger partial charge in [-0.15, -0.1) is 11.6 Å². The van der Waals surface area contributed by atoms with Crippen molar-refractivity contribution >= 4 is 21.4 Å². The van der Waals surface area contributed by atoms with Crippen LogP contribution in [0.25, 0.3) is 0 Å². The Morgan fingerprint density at radius 2 is 1.73 bits per heavy atom. The van der Waals surface area contributed by atoms with E-state index in [-0.39, 0.29) is 4.90 Å². The minimum Gasteiger partial charge on any atom is -0.391 e. The fraction of sp³-hybridized carbons (Fsp3) is 0.400. The maximum absolute atomic E-state index is 11.8. The van der Waals surface area contributed by atoms with Crippen LogP contribution in [0.3, 0.4) is 0 Å². The third-order valence-electron chi connectivity index (χ3n) is 2.03. The first-order valence-electron chi connectivity index (χ1n) is 4.48. The van der Waals surface area contributed by atoms with Gasteiger partial charge in [0.1, 0.15) is 0 Å². The lowest BCUT2D eigenvalue weighted by Gasteiger charge is -2.13. The van der Waals surface area contributed by atoms with Gasteiger partial charge in [0.2, 0.25) is 0 Å². The molecular formula is C10H13ClO3S. The first kappa shape index (κ1) is 12.5. The molecule has 0 radical (unpaired) electrons. The molecule has 0 saturated carbocycles. The monoisotopic (exact) mass is 248 g/mol. The Balaban J connectivity index is 3.12. The molecule has 0 fully saturated rings. The average Bonchev–Trinajstić information content (AvgIpc) is 2.17. The van der Waals surface area contributed by atoms with Crippen LogP contribution in [0, 0.1) is 6.92 Å². The number of aliphatic hydroxyl groups is 1. The molecule has 1 aromatic rings. The van der Waals surface area contributed by atoms with E-state index in [4.69, 9.17) is 16.7 Å². The molecule has 5 heteroatoms. The molecule has 2 unspecified atom stereocenters. The second-order valence-corrected chi connectivity index (χ2v) is 6.25. The van der Waals surface area contributed by atoms with Crippen molar-refractivity contribution in [2.24, 2.45) is 0 Å². The summed E-state index contributed by atoms with van der Waals surface area (Å²) in [6, 6.07) is 6.36. The molecule has 2 atom stereocenters. The highest BCUT2D eigenvalue weighted by atomic mass is 35.5. The van der Waals surface area contributed by atoms with Crippen molar-refractivity contribution in [3.63, 3.8) is 0 Å². The molecule has 0 aliphatic rings. The predicted molar refractivity (Wildman–Crippen MR) is 59.7 cm³/mol. The van der Waals surface area contributed by atoms with Gasteiger partial charge in [0.15, 0.2) is 14.5 Å². The van der Waals surface area contributed by atoms with Gasteiger partial charge in [-0.1, -0.05) is 17.7 Å². The second-order valence-electron chi connectivity index (χ2n) is 3.45. The number of aryl methyl sites for hydroxylation is 1. The maximum Gasteiger partial charge on any atom is 0.197 e. The smallest absolute Gasteiger partial charge is 0.197 e. The summed E-state index contributed by atoms with van der Waals surface area (Å²) < 4.78 is 22.3. The number of aliphatic hydroxyl groups excluding tert-OH is 1. The zero-order valence-corrected chi connectivity index (χ0v) is 10.1. The zero-order chi connectivity index (χ0) is 11.6. The van der Waals surface area contributed by atoms with Gasteiger partial charge >= 0.3 is 0 Å². The Kier molecular flexibility index (Phi) is 3.76. The zero-order valence-electron chi connectivity index (χ0n) is 8.51. The summed E-state index contributed by atoms with van der Waals surface area (Å²) in [4.78, 5) is 0.133. The largest absolute Gasteiger partial charge is 0.391 e. The van der Waals surface area contributed by atoms with Gasteiger partial charge in [-0.3, -0.25) is 0 Å². The van der Waals surface area contributed by atoms with Crippen LogP contribution in [0.1, 0.15) is 12.5 Å². The number of halogens is 1. The summed E-state index contributed by atoms with van der Waals surface area (Å²) in [5.41, 5.74) is 0.970. The molecule has 0 aromatic heterocycles. The molecule has 15 heavy (non-hydrogen) atoms. The topological polar surface area (TPSA) is 54.4 Å². The number of sulfone groups is 1. The SMILES string of the molecule is Cc1ccc(S(=O)(=O)C(Cl)C(C)O)cc1. The van der Waals surface area contributed by atoms with Crippen molar-refractivity contribution < 1.29 is 13.5 Å². The summed E-state index contributed by atoms with van der Waals surface area (Å²) in [6.07, 6.45) is -1.10. The normalized spacial score (nSPS) is 16.0. The Hall–Kier alpha value is -0.580. The molecule has 0 amide bonds. The predicted octanol–water partition coefficient (Wildman–Crippen LogP) is 1.71. The molecule has 0 bridgehead atoms. The van der Waals surface area contributed by atoms with E-state index in [1.807, 2.05) is 6.92 Å². The lowest BCUT2D eigenvalue weighted by molar-refractivity contribution is 0.208. The van der Waals surface area contributed by atoms with Crippen LogP contribution in [0.15, 0.2) is 29.2 Å². The molecule has 1 aromatic carbocycles. The first-order valence-corrected chi connectivity index (χ1v) is 6.46. The van der Waals surface area contributed by atoms with Crippen molar-refractivity contribution in [1.29, 1.82) is 0 Å². The highest BCUT2D eigenvalue weighted by molar-refractivity contribution is 7.93. The van der Waals surface area contributed by atoms with E-state index in [2.05, 4.69) is 0 Å². The number of hydrogen-bond acceptors (Lipinski definition) is 3. The van der Waals surface area contributed by atoms with Gasteiger partial charge in [-0.25, -0.2) is 8.42 Å². The van der Waals surface area contributed by atoms with Crippen LogP contribution in [0.2, 0.25) is 0 Å². The van der Waals surface area contributed by atoms with E-state index < -0.39 is 20.7 Å². The van der Waals surface area contributed by atoms with Gasteiger partial charge in [0, 0.05) is 0 Å². The molecule has 0 spiro atoms. The van der Waals surface area contributed by atoms with Gasteiger partial charge in [0.25, 0.3) is 0 Å². The number of benzene rings is 1. The Morgan fingerprint density at radius 3 is 2.13 bits per heavy atom. The van der Waals surface area contributed by atoms with Gasteiger partial charge < -0.3 is 5.11 Å². The van der Waals surface area contributed by atoms with Crippen LogP contribution in [0.4, 0.5) is 0 Å². The fourth-order valence-corrected chi connectivity index (χ4v) is 2.72. The van der Waals surface area contributed by atoms with Gasteiger partial charge in [-0.2, -0.15) is 0 Å². The number of rotatable bonds is 3. The van der Waals surface area contributed by atoms with Crippen molar-refractivity contribution in [1.82, 2.24) is 0 Å². The molecule has 0 saturated heterocycles. The molecule has 84 valence electrons.